The van der Waals surface area contributed by atoms with E-state index in [0.717, 1.165) is 16.7 Å². The van der Waals surface area contributed by atoms with E-state index in [2.05, 4.69) is 17.5 Å². The van der Waals surface area contributed by atoms with E-state index in [0.29, 0.717) is 29.2 Å². The van der Waals surface area contributed by atoms with Crippen LogP contribution in [-0.2, 0) is 33.4 Å². The Morgan fingerprint density at radius 1 is 1.09 bits per heavy atom. The van der Waals surface area contributed by atoms with Crippen molar-refractivity contribution in [3.05, 3.63) is 35.0 Å². The summed E-state index contributed by atoms with van der Waals surface area (Å²) in [6.45, 7) is 0.441. The Morgan fingerprint density at radius 2 is 1.74 bits per heavy atom. The third-order valence-electron chi connectivity index (χ3n) is 5.95. The number of methoxy groups -OCH3 is 2. The van der Waals surface area contributed by atoms with E-state index >= 15 is 8.78 Å². The van der Waals surface area contributed by atoms with Gasteiger partial charge in [-0.05, 0) is 10.9 Å². The van der Waals surface area contributed by atoms with Crippen LogP contribution in [0.2, 0.25) is 0 Å². The molecule has 0 fully saturated rings. The number of ether oxygens (including phenoxy) is 3. The number of amides is 3. The average Bonchev–Trinajstić information content (AvgIpc) is 3.14. The lowest BCUT2D eigenvalue weighted by molar-refractivity contribution is -0.118. The SMILES string of the molecule is COc1cc(OC)c(F)c(N2Cc3cnc4c(c3N(C)C2=O)CC(=O)N4COCC[S+](C)C)c1F. The molecule has 188 valence electrons. The van der Waals surface area contributed by atoms with E-state index in [1.54, 1.807) is 0 Å². The minimum atomic E-state index is -1.02. The van der Waals surface area contributed by atoms with Gasteiger partial charge in [0.25, 0.3) is 0 Å². The van der Waals surface area contributed by atoms with Crippen molar-refractivity contribution in [3.63, 3.8) is 0 Å². The van der Waals surface area contributed by atoms with Crippen LogP contribution in [0.4, 0.5) is 30.8 Å². The number of aromatic nitrogens is 1. The fourth-order valence-corrected chi connectivity index (χ4v) is 4.64. The molecule has 0 radical (unpaired) electrons. The first-order chi connectivity index (χ1) is 16.7. The zero-order chi connectivity index (χ0) is 25.4. The monoisotopic (exact) mass is 509 g/mol. The van der Waals surface area contributed by atoms with Crippen molar-refractivity contribution in [3.8, 4) is 11.5 Å². The van der Waals surface area contributed by atoms with Crippen LogP contribution in [0.15, 0.2) is 12.3 Å². The zero-order valence-corrected chi connectivity index (χ0v) is 21.0. The first-order valence-electron chi connectivity index (χ1n) is 10.8. The van der Waals surface area contributed by atoms with Gasteiger partial charge in [0.05, 0.1) is 52.0 Å². The molecule has 12 heteroatoms. The number of halogens is 2. The average molecular weight is 510 g/mol. The molecule has 0 atom stereocenters. The minimum absolute atomic E-state index is 0.0497. The number of hydrogen-bond donors (Lipinski definition) is 0. The Balaban J connectivity index is 1.69. The number of fused-ring (bicyclic) bond motifs is 3. The summed E-state index contributed by atoms with van der Waals surface area (Å²) in [5, 5.41) is 0. The first kappa shape index (κ1) is 25.0. The number of nitrogens with zero attached hydrogens (tertiary/aromatic N) is 4. The maximum atomic E-state index is 15.1. The largest absolute Gasteiger partial charge is 0.493 e. The summed E-state index contributed by atoms with van der Waals surface area (Å²) in [4.78, 5) is 34.2. The van der Waals surface area contributed by atoms with Crippen molar-refractivity contribution >= 4 is 40.0 Å². The van der Waals surface area contributed by atoms with Crippen LogP contribution in [0.3, 0.4) is 0 Å². The van der Waals surface area contributed by atoms with Gasteiger partial charge < -0.3 is 14.2 Å². The van der Waals surface area contributed by atoms with Crippen LogP contribution in [-0.4, -0.2) is 69.8 Å². The third kappa shape index (κ3) is 4.36. The molecule has 9 nitrogen and oxygen atoms in total. The van der Waals surface area contributed by atoms with Crippen molar-refractivity contribution in [2.24, 2.45) is 0 Å². The lowest BCUT2D eigenvalue weighted by Gasteiger charge is -2.36. The van der Waals surface area contributed by atoms with Gasteiger partial charge in [0.1, 0.15) is 24.0 Å². The maximum absolute atomic E-state index is 15.1. The lowest BCUT2D eigenvalue weighted by Crippen LogP contribution is -2.46. The predicted molar refractivity (Wildman–Crippen MR) is 130 cm³/mol. The van der Waals surface area contributed by atoms with Gasteiger partial charge in [-0.1, -0.05) is 0 Å². The summed E-state index contributed by atoms with van der Waals surface area (Å²) < 4.78 is 45.9. The number of pyridine rings is 1. The van der Waals surface area contributed by atoms with Crippen molar-refractivity contribution in [1.29, 1.82) is 0 Å². The second-order valence-corrected chi connectivity index (χ2v) is 10.7. The first-order valence-corrected chi connectivity index (χ1v) is 13.0. The summed E-state index contributed by atoms with van der Waals surface area (Å²) in [7, 11) is 4.20. The third-order valence-corrected chi connectivity index (χ3v) is 6.93. The van der Waals surface area contributed by atoms with Crippen LogP contribution >= 0.6 is 0 Å². The summed E-state index contributed by atoms with van der Waals surface area (Å²) in [6.07, 6.45) is 5.79. The summed E-state index contributed by atoms with van der Waals surface area (Å²) >= 11 is 0. The molecule has 2 aliphatic heterocycles. The fourth-order valence-electron chi connectivity index (χ4n) is 4.19. The molecule has 1 aromatic carbocycles. The van der Waals surface area contributed by atoms with Crippen LogP contribution in [0.25, 0.3) is 0 Å². The Labute approximate surface area is 204 Å². The van der Waals surface area contributed by atoms with Crippen molar-refractivity contribution in [2.75, 3.05) is 67.6 Å². The van der Waals surface area contributed by atoms with Gasteiger partial charge in [-0.15, -0.1) is 0 Å². The van der Waals surface area contributed by atoms with E-state index in [4.69, 9.17) is 14.2 Å². The molecule has 1 aromatic heterocycles. The molecule has 0 N–H and O–H groups in total. The number of hydrogen-bond acceptors (Lipinski definition) is 6. The number of anilines is 3. The Bertz CT molecular complexity index is 1150. The Hall–Kier alpha value is -3.12. The van der Waals surface area contributed by atoms with Crippen LogP contribution < -0.4 is 24.2 Å². The summed E-state index contributed by atoms with van der Waals surface area (Å²) in [6, 6.07) is 0.414. The van der Waals surface area contributed by atoms with E-state index in [1.165, 1.54) is 37.3 Å². The van der Waals surface area contributed by atoms with E-state index in [-0.39, 0.29) is 48.0 Å². The second kappa shape index (κ2) is 9.86. The maximum Gasteiger partial charge on any atom is 0.329 e. The molecule has 0 unspecified atom stereocenters. The number of benzene rings is 1. The molecule has 2 aliphatic rings. The number of rotatable bonds is 8. The van der Waals surface area contributed by atoms with Gasteiger partial charge in [0, 0.05) is 30.4 Å². The fraction of sp³-hybridized carbons (Fsp3) is 0.435. The molecule has 0 saturated carbocycles. The number of carbonyl (C=O) groups excluding carboxylic acids is 2. The molecule has 2 aromatic rings. The summed E-state index contributed by atoms with van der Waals surface area (Å²) in [5.74, 6) is -1.44. The van der Waals surface area contributed by atoms with Gasteiger partial charge in [0.2, 0.25) is 5.91 Å². The lowest BCUT2D eigenvalue weighted by atomic mass is 10.0. The predicted octanol–water partition coefficient (Wildman–Crippen LogP) is 2.69. The molecular weight excluding hydrogens is 482 g/mol. The molecule has 35 heavy (non-hydrogen) atoms. The van der Waals surface area contributed by atoms with Crippen LogP contribution in [0, 0.1) is 11.6 Å². The van der Waals surface area contributed by atoms with E-state index in [1.807, 2.05) is 0 Å². The quantitative estimate of drug-likeness (QED) is 0.402. The number of urea groups is 1. The highest BCUT2D eigenvalue weighted by atomic mass is 32.2. The van der Waals surface area contributed by atoms with Gasteiger partial charge in [0.15, 0.2) is 23.1 Å². The molecule has 0 spiro atoms. The molecular formula is C23H27F2N4O5S+. The second-order valence-electron chi connectivity index (χ2n) is 8.35. The summed E-state index contributed by atoms with van der Waals surface area (Å²) in [5.41, 5.74) is 1.05. The standard InChI is InChI=1S/C23H27F2N4O5S/c1-27-20-13(10-26-22-14(20)8-17(30)29(22)12-34-6-7-35(4)5)11-28(23(27)31)21-18(24)15(32-2)9-16(33-3)19(21)25/h9-10H,6-8,11-12H2,1-5H3/q+1. The van der Waals surface area contributed by atoms with E-state index in [9.17, 15) is 9.59 Å². The highest BCUT2D eigenvalue weighted by Crippen LogP contribution is 2.43. The Morgan fingerprint density at radius 3 is 2.34 bits per heavy atom. The Kier molecular flexibility index (Phi) is 7.04. The highest BCUT2D eigenvalue weighted by molar-refractivity contribution is 7.95. The number of carbonyl (C=O) groups is 2. The smallest absolute Gasteiger partial charge is 0.329 e. The van der Waals surface area contributed by atoms with Gasteiger partial charge >= 0.3 is 6.03 Å². The van der Waals surface area contributed by atoms with Crippen molar-refractivity contribution in [2.45, 2.75) is 13.0 Å². The van der Waals surface area contributed by atoms with Crippen LogP contribution in [0.5, 0.6) is 11.5 Å². The zero-order valence-electron chi connectivity index (χ0n) is 20.2. The van der Waals surface area contributed by atoms with Crippen molar-refractivity contribution in [1.82, 2.24) is 4.98 Å². The molecule has 4 rings (SSSR count). The van der Waals surface area contributed by atoms with E-state index < -0.39 is 23.4 Å². The highest BCUT2D eigenvalue weighted by Gasteiger charge is 2.40. The van der Waals surface area contributed by atoms with Gasteiger partial charge in [-0.25, -0.2) is 18.6 Å². The molecule has 3 amide bonds. The normalized spacial score (nSPS) is 15.1. The molecule has 0 bridgehead atoms. The van der Waals surface area contributed by atoms with Crippen LogP contribution in [0.1, 0.15) is 11.1 Å². The van der Waals surface area contributed by atoms with Gasteiger partial charge in [-0.2, -0.15) is 0 Å². The molecule has 0 saturated heterocycles. The molecule has 3 heterocycles. The van der Waals surface area contributed by atoms with Gasteiger partial charge in [-0.3, -0.25) is 19.5 Å². The molecule has 0 aliphatic carbocycles. The minimum Gasteiger partial charge on any atom is -0.493 e. The topological polar surface area (TPSA) is 84.4 Å². The van der Waals surface area contributed by atoms with Crippen molar-refractivity contribution < 1.29 is 32.6 Å².